The van der Waals surface area contributed by atoms with Gasteiger partial charge in [-0.15, -0.1) is 0 Å². The molecule has 1 N–H and O–H groups in total. The molecule has 0 aliphatic carbocycles. The average Bonchev–Trinajstić information content (AvgIpc) is 2.80. The smallest absolute Gasteiger partial charge is 0.336 e. The van der Waals surface area contributed by atoms with Crippen LogP contribution in [0.3, 0.4) is 0 Å². The summed E-state index contributed by atoms with van der Waals surface area (Å²) in [7, 11) is 1.89. The summed E-state index contributed by atoms with van der Waals surface area (Å²) < 4.78 is 1.90. The Morgan fingerprint density at radius 3 is 2.74 bits per heavy atom. The van der Waals surface area contributed by atoms with Gasteiger partial charge in [-0.2, -0.15) is 10.2 Å². The number of carbonyl (C=O) groups is 1. The molecule has 5 nitrogen and oxygen atoms in total. The normalized spacial score (nSPS) is 10.8. The second-order valence-corrected chi connectivity index (χ2v) is 4.32. The van der Waals surface area contributed by atoms with Crippen molar-refractivity contribution in [3.8, 4) is 11.1 Å². The first-order valence-corrected chi connectivity index (χ1v) is 5.76. The summed E-state index contributed by atoms with van der Waals surface area (Å²) in [6.07, 6.45) is 5.06. The zero-order valence-electron chi connectivity index (χ0n) is 10.2. The van der Waals surface area contributed by atoms with E-state index in [1.165, 1.54) is 0 Å². The van der Waals surface area contributed by atoms with Crippen molar-refractivity contribution < 1.29 is 9.90 Å². The third-order valence-electron chi connectivity index (χ3n) is 3.15. The van der Waals surface area contributed by atoms with Crippen LogP contribution in [-0.2, 0) is 7.05 Å². The monoisotopic (exact) mass is 253 g/mol. The van der Waals surface area contributed by atoms with E-state index in [2.05, 4.69) is 10.2 Å². The van der Waals surface area contributed by atoms with Crippen molar-refractivity contribution in [3.05, 3.63) is 48.4 Å². The van der Waals surface area contributed by atoms with Gasteiger partial charge in [-0.1, -0.05) is 0 Å². The van der Waals surface area contributed by atoms with Crippen molar-refractivity contribution in [2.45, 2.75) is 0 Å². The van der Waals surface area contributed by atoms with Crippen LogP contribution in [0.5, 0.6) is 0 Å². The van der Waals surface area contributed by atoms with Crippen LogP contribution in [0.4, 0.5) is 0 Å². The molecule has 3 aromatic rings. The molecule has 2 aromatic heterocycles. The van der Waals surface area contributed by atoms with Gasteiger partial charge in [0.05, 0.1) is 18.0 Å². The Morgan fingerprint density at radius 2 is 2.05 bits per heavy atom. The number of aryl methyl sites for hydroxylation is 1. The van der Waals surface area contributed by atoms with Gasteiger partial charge < -0.3 is 9.67 Å². The summed E-state index contributed by atoms with van der Waals surface area (Å²) in [4.78, 5) is 11.4. The maximum absolute atomic E-state index is 11.4. The molecule has 0 saturated carbocycles. The van der Waals surface area contributed by atoms with Crippen LogP contribution in [0, 0.1) is 0 Å². The summed E-state index contributed by atoms with van der Waals surface area (Å²) in [6.45, 7) is 0. The van der Waals surface area contributed by atoms with E-state index in [0.29, 0.717) is 5.56 Å². The molecule has 0 bridgehead atoms. The summed E-state index contributed by atoms with van der Waals surface area (Å²) in [5.74, 6) is -0.930. The molecule has 0 aliphatic rings. The summed E-state index contributed by atoms with van der Waals surface area (Å²) in [5, 5.41) is 17.6. The molecule has 0 amide bonds. The number of aromatic carboxylic acids is 1. The van der Waals surface area contributed by atoms with Crippen LogP contribution in [0.25, 0.3) is 22.0 Å². The second kappa shape index (κ2) is 4.20. The predicted molar refractivity (Wildman–Crippen MR) is 70.9 cm³/mol. The molecule has 0 fully saturated rings. The number of fused-ring (bicyclic) bond motifs is 1. The molecule has 94 valence electrons. The van der Waals surface area contributed by atoms with Crippen LogP contribution >= 0.6 is 0 Å². The lowest BCUT2D eigenvalue weighted by molar-refractivity contribution is 0.0699. The number of hydrogen-bond donors (Lipinski definition) is 1. The maximum atomic E-state index is 11.4. The quantitative estimate of drug-likeness (QED) is 0.761. The first-order valence-electron chi connectivity index (χ1n) is 5.76. The third kappa shape index (κ3) is 1.85. The van der Waals surface area contributed by atoms with Gasteiger partial charge in [0.25, 0.3) is 0 Å². The first-order chi connectivity index (χ1) is 9.16. The Balaban J connectivity index is 2.33. The molecule has 0 unspecified atom stereocenters. The van der Waals surface area contributed by atoms with Crippen molar-refractivity contribution in [3.63, 3.8) is 0 Å². The van der Waals surface area contributed by atoms with E-state index in [1.807, 2.05) is 36.0 Å². The van der Waals surface area contributed by atoms with E-state index in [1.54, 1.807) is 18.5 Å². The Labute approximate surface area is 109 Å². The number of benzene rings is 1. The fourth-order valence-corrected chi connectivity index (χ4v) is 2.18. The Kier molecular flexibility index (Phi) is 2.52. The number of nitrogens with zero attached hydrogens (tertiary/aromatic N) is 3. The van der Waals surface area contributed by atoms with Gasteiger partial charge in [-0.05, 0) is 29.8 Å². The second-order valence-electron chi connectivity index (χ2n) is 4.32. The van der Waals surface area contributed by atoms with Crippen LogP contribution in [0.2, 0.25) is 0 Å². The fraction of sp³-hybridized carbons (Fsp3) is 0.0714. The van der Waals surface area contributed by atoms with Crippen molar-refractivity contribution in [1.82, 2.24) is 14.8 Å². The molecule has 3 rings (SSSR count). The van der Waals surface area contributed by atoms with Gasteiger partial charge in [0, 0.05) is 29.7 Å². The van der Waals surface area contributed by atoms with Gasteiger partial charge in [-0.25, -0.2) is 4.79 Å². The number of carboxylic acids is 1. The average molecular weight is 253 g/mol. The highest BCUT2D eigenvalue weighted by Gasteiger charge is 2.13. The lowest BCUT2D eigenvalue weighted by atomic mass is 10.0. The maximum Gasteiger partial charge on any atom is 0.336 e. The predicted octanol–water partition coefficient (Wildman–Crippen LogP) is 2.33. The van der Waals surface area contributed by atoms with E-state index < -0.39 is 5.97 Å². The Hall–Kier alpha value is -2.69. The van der Waals surface area contributed by atoms with Gasteiger partial charge in [-0.3, -0.25) is 0 Å². The van der Waals surface area contributed by atoms with E-state index >= 15 is 0 Å². The van der Waals surface area contributed by atoms with Crippen LogP contribution in [0.1, 0.15) is 10.4 Å². The van der Waals surface area contributed by atoms with Crippen LogP contribution in [-0.4, -0.2) is 25.8 Å². The standard InChI is InChI=1S/C14H11N3O2/c1-17-5-3-11-12(14(18)19)6-10(7-13(11)17)9-2-4-15-16-8-9/h2-8H,1H3,(H,18,19). The van der Waals surface area contributed by atoms with E-state index in [4.69, 9.17) is 0 Å². The topological polar surface area (TPSA) is 68.0 Å². The molecular weight excluding hydrogens is 242 g/mol. The van der Waals surface area contributed by atoms with E-state index in [-0.39, 0.29) is 0 Å². The third-order valence-corrected chi connectivity index (χ3v) is 3.15. The summed E-state index contributed by atoms with van der Waals surface area (Å²) in [5.41, 5.74) is 2.85. The van der Waals surface area contributed by atoms with Crippen molar-refractivity contribution in [2.24, 2.45) is 7.05 Å². The Morgan fingerprint density at radius 1 is 1.21 bits per heavy atom. The summed E-state index contributed by atoms with van der Waals surface area (Å²) >= 11 is 0. The number of rotatable bonds is 2. The van der Waals surface area contributed by atoms with Crippen molar-refractivity contribution in [2.75, 3.05) is 0 Å². The van der Waals surface area contributed by atoms with Gasteiger partial charge in [0.15, 0.2) is 0 Å². The van der Waals surface area contributed by atoms with Crippen LogP contribution in [0.15, 0.2) is 42.9 Å². The van der Waals surface area contributed by atoms with Crippen molar-refractivity contribution in [1.29, 1.82) is 0 Å². The molecule has 0 aliphatic heterocycles. The minimum absolute atomic E-state index is 0.296. The first kappa shape index (κ1) is 11.4. The molecule has 5 heteroatoms. The summed E-state index contributed by atoms with van der Waals surface area (Å²) in [6, 6.07) is 7.25. The molecule has 0 spiro atoms. The number of hydrogen-bond acceptors (Lipinski definition) is 3. The zero-order chi connectivity index (χ0) is 13.4. The minimum atomic E-state index is -0.930. The SMILES string of the molecule is Cn1ccc2c(C(=O)O)cc(-c3ccnnc3)cc21. The zero-order valence-corrected chi connectivity index (χ0v) is 10.2. The lowest BCUT2D eigenvalue weighted by Gasteiger charge is -2.06. The minimum Gasteiger partial charge on any atom is -0.478 e. The number of aromatic nitrogens is 3. The highest BCUT2D eigenvalue weighted by atomic mass is 16.4. The van der Waals surface area contributed by atoms with Gasteiger partial charge in [0.1, 0.15) is 0 Å². The molecule has 2 heterocycles. The molecule has 0 radical (unpaired) electrons. The Bertz CT molecular complexity index is 763. The van der Waals surface area contributed by atoms with Crippen molar-refractivity contribution >= 4 is 16.9 Å². The molecule has 0 atom stereocenters. The molecule has 1 aromatic carbocycles. The largest absolute Gasteiger partial charge is 0.478 e. The lowest BCUT2D eigenvalue weighted by Crippen LogP contribution is -1.98. The van der Waals surface area contributed by atoms with E-state index in [0.717, 1.165) is 22.0 Å². The number of carboxylic acid groups (broad SMARTS) is 1. The molecular formula is C14H11N3O2. The molecule has 0 saturated heterocycles. The van der Waals surface area contributed by atoms with Crippen LogP contribution < -0.4 is 0 Å². The molecule has 19 heavy (non-hydrogen) atoms. The van der Waals surface area contributed by atoms with E-state index in [9.17, 15) is 9.90 Å². The highest BCUT2D eigenvalue weighted by Crippen LogP contribution is 2.27. The van der Waals surface area contributed by atoms with Gasteiger partial charge >= 0.3 is 5.97 Å². The van der Waals surface area contributed by atoms with Gasteiger partial charge in [0.2, 0.25) is 0 Å². The fourth-order valence-electron chi connectivity index (χ4n) is 2.18. The highest BCUT2D eigenvalue weighted by molar-refractivity contribution is 6.05.